The van der Waals surface area contributed by atoms with Crippen molar-refractivity contribution >= 4 is 24.8 Å². The SMILES string of the molecule is CC(C)(CN1CCOCC1)CN1C[C@@H]2CCN[C@@H]2C1.Cl.Cl. The molecule has 2 atom stereocenters. The van der Waals surface area contributed by atoms with Crippen LogP contribution >= 0.6 is 24.8 Å². The number of morpholine rings is 1. The third kappa shape index (κ3) is 5.22. The fraction of sp³-hybridized carbons (Fsp3) is 1.00. The fourth-order valence-corrected chi connectivity index (χ4v) is 4.09. The first-order chi connectivity index (χ1) is 9.12. The normalized spacial score (nSPS) is 30.6. The molecule has 4 nitrogen and oxygen atoms in total. The molecule has 0 aromatic carbocycles. The minimum atomic E-state index is 0. The molecule has 126 valence electrons. The predicted molar refractivity (Wildman–Crippen MR) is 91.9 cm³/mol. The summed E-state index contributed by atoms with van der Waals surface area (Å²) in [7, 11) is 0. The molecule has 0 aromatic heterocycles. The maximum absolute atomic E-state index is 5.44. The predicted octanol–water partition coefficient (Wildman–Crippen LogP) is 1.48. The molecule has 21 heavy (non-hydrogen) atoms. The van der Waals surface area contributed by atoms with Crippen LogP contribution in [0.3, 0.4) is 0 Å². The van der Waals surface area contributed by atoms with Crippen molar-refractivity contribution in [2.24, 2.45) is 11.3 Å². The van der Waals surface area contributed by atoms with Crippen molar-refractivity contribution < 1.29 is 4.74 Å². The lowest BCUT2D eigenvalue weighted by atomic mass is 9.91. The molecule has 0 aromatic rings. The highest BCUT2D eigenvalue weighted by Crippen LogP contribution is 2.28. The summed E-state index contributed by atoms with van der Waals surface area (Å²) in [4.78, 5) is 5.25. The summed E-state index contributed by atoms with van der Waals surface area (Å²) in [5.74, 6) is 0.916. The summed E-state index contributed by atoms with van der Waals surface area (Å²) >= 11 is 0. The number of ether oxygens (including phenoxy) is 1. The number of rotatable bonds is 4. The van der Waals surface area contributed by atoms with Gasteiger partial charge in [-0.15, -0.1) is 24.8 Å². The zero-order valence-corrected chi connectivity index (χ0v) is 15.0. The van der Waals surface area contributed by atoms with Crippen molar-refractivity contribution in [1.82, 2.24) is 15.1 Å². The summed E-state index contributed by atoms with van der Waals surface area (Å²) in [6.45, 7) is 15.1. The van der Waals surface area contributed by atoms with Gasteiger partial charge in [-0.1, -0.05) is 13.8 Å². The summed E-state index contributed by atoms with van der Waals surface area (Å²) in [5, 5.41) is 3.65. The van der Waals surface area contributed by atoms with Crippen LogP contribution in [0.2, 0.25) is 0 Å². The minimum absolute atomic E-state index is 0. The lowest BCUT2D eigenvalue weighted by molar-refractivity contribution is 0.0160. The lowest BCUT2D eigenvalue weighted by Gasteiger charge is -2.37. The molecule has 0 saturated carbocycles. The van der Waals surface area contributed by atoms with Gasteiger partial charge in [-0.3, -0.25) is 4.90 Å². The second kappa shape index (κ2) is 8.32. The molecule has 3 aliphatic heterocycles. The molecule has 0 bridgehead atoms. The van der Waals surface area contributed by atoms with E-state index in [0.717, 1.165) is 38.3 Å². The van der Waals surface area contributed by atoms with E-state index in [4.69, 9.17) is 4.74 Å². The van der Waals surface area contributed by atoms with Gasteiger partial charge in [0, 0.05) is 45.3 Å². The molecule has 0 unspecified atom stereocenters. The van der Waals surface area contributed by atoms with E-state index in [0.29, 0.717) is 5.41 Å². The first-order valence-electron chi connectivity index (χ1n) is 7.88. The van der Waals surface area contributed by atoms with E-state index in [1.54, 1.807) is 0 Å². The van der Waals surface area contributed by atoms with E-state index in [-0.39, 0.29) is 24.8 Å². The van der Waals surface area contributed by atoms with Crippen LogP contribution in [0.15, 0.2) is 0 Å². The summed E-state index contributed by atoms with van der Waals surface area (Å²) in [6, 6.07) is 0.777. The Bertz CT molecular complexity index is 299. The Labute approximate surface area is 141 Å². The Kier molecular flexibility index (Phi) is 7.71. The Hall–Kier alpha value is 0.420. The van der Waals surface area contributed by atoms with Crippen molar-refractivity contribution in [2.75, 3.05) is 59.0 Å². The van der Waals surface area contributed by atoms with Crippen molar-refractivity contribution in [2.45, 2.75) is 26.3 Å². The van der Waals surface area contributed by atoms with Crippen molar-refractivity contribution in [3.63, 3.8) is 0 Å². The van der Waals surface area contributed by atoms with Crippen LogP contribution in [-0.2, 0) is 4.74 Å². The summed E-state index contributed by atoms with van der Waals surface area (Å²) < 4.78 is 5.44. The molecule has 0 radical (unpaired) electrons. The van der Waals surface area contributed by atoms with Crippen LogP contribution < -0.4 is 5.32 Å². The molecule has 3 heterocycles. The Morgan fingerprint density at radius 3 is 2.38 bits per heavy atom. The van der Waals surface area contributed by atoms with Gasteiger partial charge in [0.05, 0.1) is 13.2 Å². The number of nitrogens with one attached hydrogen (secondary N) is 1. The van der Waals surface area contributed by atoms with E-state index < -0.39 is 0 Å². The average molecular weight is 340 g/mol. The number of hydrogen-bond donors (Lipinski definition) is 1. The lowest BCUT2D eigenvalue weighted by Crippen LogP contribution is -2.46. The van der Waals surface area contributed by atoms with Gasteiger partial charge in [0.2, 0.25) is 0 Å². The third-order valence-electron chi connectivity index (χ3n) is 4.85. The number of nitrogens with zero attached hydrogens (tertiary/aromatic N) is 2. The van der Waals surface area contributed by atoms with E-state index in [1.165, 1.54) is 39.1 Å². The number of hydrogen-bond acceptors (Lipinski definition) is 4. The molecule has 3 rings (SSSR count). The summed E-state index contributed by atoms with van der Waals surface area (Å²) in [5.41, 5.74) is 0.385. The van der Waals surface area contributed by atoms with Crippen LogP contribution in [-0.4, -0.2) is 74.9 Å². The van der Waals surface area contributed by atoms with Gasteiger partial charge in [0.25, 0.3) is 0 Å². The molecular weight excluding hydrogens is 309 g/mol. The first-order valence-corrected chi connectivity index (χ1v) is 7.88. The Morgan fingerprint density at radius 1 is 1.05 bits per heavy atom. The fourth-order valence-electron chi connectivity index (χ4n) is 4.09. The molecule has 0 spiro atoms. The molecule has 1 N–H and O–H groups in total. The van der Waals surface area contributed by atoms with Crippen molar-refractivity contribution in [3.05, 3.63) is 0 Å². The second-order valence-electron chi connectivity index (χ2n) is 7.36. The monoisotopic (exact) mass is 339 g/mol. The maximum Gasteiger partial charge on any atom is 0.0594 e. The number of fused-ring (bicyclic) bond motifs is 1. The van der Waals surface area contributed by atoms with Gasteiger partial charge < -0.3 is 15.0 Å². The molecular formula is C15H31Cl2N3O. The average Bonchev–Trinajstić information content (AvgIpc) is 2.89. The maximum atomic E-state index is 5.44. The van der Waals surface area contributed by atoms with Gasteiger partial charge in [-0.2, -0.15) is 0 Å². The molecule has 6 heteroatoms. The smallest absolute Gasteiger partial charge is 0.0594 e. The first kappa shape index (κ1) is 19.5. The van der Waals surface area contributed by atoms with E-state index in [9.17, 15) is 0 Å². The zero-order chi connectivity index (χ0) is 13.3. The second-order valence-corrected chi connectivity index (χ2v) is 7.36. The highest BCUT2D eigenvalue weighted by molar-refractivity contribution is 5.85. The quantitative estimate of drug-likeness (QED) is 0.839. The van der Waals surface area contributed by atoms with Gasteiger partial charge in [-0.25, -0.2) is 0 Å². The van der Waals surface area contributed by atoms with E-state index in [1.807, 2.05) is 0 Å². The highest BCUT2D eigenvalue weighted by Gasteiger charge is 2.38. The molecule has 3 fully saturated rings. The van der Waals surface area contributed by atoms with Gasteiger partial charge in [0.15, 0.2) is 0 Å². The Morgan fingerprint density at radius 2 is 1.71 bits per heavy atom. The number of likely N-dealkylation sites (tertiary alicyclic amines) is 1. The molecule has 3 aliphatic rings. The standard InChI is InChI=1S/C15H29N3O.2ClH/c1-15(2,11-17-5-7-19-8-6-17)12-18-9-13-3-4-16-14(13)10-18;;/h13-14,16H,3-12H2,1-2H3;2*1H/t13-,14+;;/m0../s1. The van der Waals surface area contributed by atoms with Crippen LogP contribution in [0.1, 0.15) is 20.3 Å². The summed E-state index contributed by atoms with van der Waals surface area (Å²) in [6.07, 6.45) is 1.38. The largest absolute Gasteiger partial charge is 0.379 e. The highest BCUT2D eigenvalue weighted by atomic mass is 35.5. The topological polar surface area (TPSA) is 27.7 Å². The zero-order valence-electron chi connectivity index (χ0n) is 13.3. The third-order valence-corrected chi connectivity index (χ3v) is 4.85. The van der Waals surface area contributed by atoms with E-state index >= 15 is 0 Å². The van der Waals surface area contributed by atoms with Gasteiger partial charge >= 0.3 is 0 Å². The van der Waals surface area contributed by atoms with Crippen LogP contribution in [0.5, 0.6) is 0 Å². The van der Waals surface area contributed by atoms with Gasteiger partial charge in [-0.05, 0) is 24.3 Å². The van der Waals surface area contributed by atoms with Crippen LogP contribution in [0.25, 0.3) is 0 Å². The minimum Gasteiger partial charge on any atom is -0.379 e. The molecule has 0 aliphatic carbocycles. The van der Waals surface area contributed by atoms with Gasteiger partial charge in [0.1, 0.15) is 0 Å². The molecule has 0 amide bonds. The van der Waals surface area contributed by atoms with Crippen molar-refractivity contribution in [3.8, 4) is 0 Å². The van der Waals surface area contributed by atoms with E-state index in [2.05, 4.69) is 29.0 Å². The molecule has 3 saturated heterocycles. The Balaban J connectivity index is 0.00000110. The number of halogens is 2. The van der Waals surface area contributed by atoms with Crippen molar-refractivity contribution in [1.29, 1.82) is 0 Å². The van der Waals surface area contributed by atoms with Crippen LogP contribution in [0, 0.1) is 11.3 Å². The van der Waals surface area contributed by atoms with Crippen LogP contribution in [0.4, 0.5) is 0 Å².